The van der Waals surface area contributed by atoms with Gasteiger partial charge in [0, 0.05) is 18.1 Å². The molecule has 2 amide bonds. The molecule has 0 unspecified atom stereocenters. The van der Waals surface area contributed by atoms with Crippen LogP contribution in [0, 0.1) is 12.8 Å². The van der Waals surface area contributed by atoms with Crippen molar-refractivity contribution in [2.45, 2.75) is 19.8 Å². The Hall–Kier alpha value is -2.34. The summed E-state index contributed by atoms with van der Waals surface area (Å²) in [4.78, 5) is 25.9. The van der Waals surface area contributed by atoms with E-state index in [0.717, 1.165) is 24.2 Å². The predicted molar refractivity (Wildman–Crippen MR) is 91.1 cm³/mol. The maximum absolute atomic E-state index is 12.8. The van der Waals surface area contributed by atoms with E-state index >= 15 is 0 Å². The van der Waals surface area contributed by atoms with Crippen molar-refractivity contribution in [3.8, 4) is 5.69 Å². The van der Waals surface area contributed by atoms with Crippen LogP contribution >= 0.6 is 11.6 Å². The number of halogens is 1. The molecule has 0 spiro atoms. The first-order valence-corrected chi connectivity index (χ1v) is 8.24. The van der Waals surface area contributed by atoms with E-state index in [4.69, 9.17) is 17.3 Å². The maximum Gasteiger partial charge on any atom is 0.257 e. The Bertz CT molecular complexity index is 769. The van der Waals surface area contributed by atoms with E-state index in [1.54, 1.807) is 27.9 Å². The Labute approximate surface area is 145 Å². The van der Waals surface area contributed by atoms with Gasteiger partial charge in [-0.3, -0.25) is 9.59 Å². The van der Waals surface area contributed by atoms with Gasteiger partial charge in [-0.05, 0) is 44.0 Å². The van der Waals surface area contributed by atoms with E-state index in [-0.39, 0.29) is 17.7 Å². The van der Waals surface area contributed by atoms with Crippen molar-refractivity contribution < 1.29 is 9.59 Å². The summed E-state index contributed by atoms with van der Waals surface area (Å²) < 4.78 is 1.71. The van der Waals surface area contributed by atoms with E-state index in [0.29, 0.717) is 23.7 Å². The molecule has 24 heavy (non-hydrogen) atoms. The van der Waals surface area contributed by atoms with Crippen LogP contribution < -0.4 is 5.73 Å². The number of benzene rings is 1. The van der Waals surface area contributed by atoms with Gasteiger partial charge in [-0.1, -0.05) is 11.6 Å². The van der Waals surface area contributed by atoms with Gasteiger partial charge in [-0.2, -0.15) is 5.10 Å². The number of hydrogen-bond donors (Lipinski definition) is 1. The van der Waals surface area contributed by atoms with E-state index in [9.17, 15) is 9.59 Å². The average Bonchev–Trinajstić information content (AvgIpc) is 2.96. The number of hydrogen-bond acceptors (Lipinski definition) is 3. The van der Waals surface area contributed by atoms with Crippen molar-refractivity contribution in [3.05, 3.63) is 46.7 Å². The van der Waals surface area contributed by atoms with Gasteiger partial charge in [-0.25, -0.2) is 4.68 Å². The second-order valence-electron chi connectivity index (χ2n) is 6.02. The predicted octanol–water partition coefficient (Wildman–Crippen LogP) is 2.17. The molecule has 2 heterocycles. The summed E-state index contributed by atoms with van der Waals surface area (Å²) in [5.41, 5.74) is 7.51. The Balaban J connectivity index is 1.83. The molecule has 1 aromatic heterocycles. The van der Waals surface area contributed by atoms with Crippen molar-refractivity contribution in [2.75, 3.05) is 13.1 Å². The molecule has 1 fully saturated rings. The second kappa shape index (κ2) is 6.65. The number of nitrogens with zero attached hydrogens (tertiary/aromatic N) is 3. The van der Waals surface area contributed by atoms with Gasteiger partial charge in [0.05, 0.1) is 29.1 Å². The number of nitrogens with two attached hydrogens (primary N) is 1. The Morgan fingerprint density at radius 2 is 2.00 bits per heavy atom. The molecule has 6 nitrogen and oxygen atoms in total. The van der Waals surface area contributed by atoms with Crippen molar-refractivity contribution >= 4 is 23.4 Å². The summed E-state index contributed by atoms with van der Waals surface area (Å²) in [6, 6.07) is 7.25. The third kappa shape index (κ3) is 3.14. The molecule has 0 bridgehead atoms. The largest absolute Gasteiger partial charge is 0.369 e. The smallest absolute Gasteiger partial charge is 0.257 e. The zero-order valence-corrected chi connectivity index (χ0v) is 14.2. The molecule has 1 aliphatic heterocycles. The third-order valence-electron chi connectivity index (χ3n) is 4.42. The fourth-order valence-electron chi connectivity index (χ4n) is 3.03. The minimum absolute atomic E-state index is 0.112. The van der Waals surface area contributed by atoms with Crippen LogP contribution in [0.5, 0.6) is 0 Å². The minimum atomic E-state index is -0.346. The van der Waals surface area contributed by atoms with Crippen LogP contribution in [0.1, 0.15) is 28.9 Å². The Kier molecular flexibility index (Phi) is 4.57. The van der Waals surface area contributed by atoms with E-state index in [2.05, 4.69) is 5.10 Å². The molecule has 1 aliphatic rings. The average molecular weight is 347 g/mol. The third-order valence-corrected chi connectivity index (χ3v) is 4.67. The van der Waals surface area contributed by atoms with Crippen LogP contribution in [0.25, 0.3) is 5.69 Å². The van der Waals surface area contributed by atoms with E-state index in [1.165, 1.54) is 0 Å². The molecule has 126 valence electrons. The molecule has 7 heteroatoms. The molecule has 3 rings (SSSR count). The van der Waals surface area contributed by atoms with Gasteiger partial charge in [0.15, 0.2) is 0 Å². The molecule has 1 aromatic carbocycles. The summed E-state index contributed by atoms with van der Waals surface area (Å²) in [6.45, 7) is 2.86. The highest BCUT2D eigenvalue weighted by molar-refractivity contribution is 6.30. The number of piperidine rings is 1. The lowest BCUT2D eigenvalue weighted by Crippen LogP contribution is -2.44. The fourth-order valence-corrected chi connectivity index (χ4v) is 3.15. The lowest BCUT2D eigenvalue weighted by atomic mass is 9.97. The quantitative estimate of drug-likeness (QED) is 0.924. The van der Waals surface area contributed by atoms with Crippen LogP contribution in [0.15, 0.2) is 30.5 Å². The van der Waals surface area contributed by atoms with Gasteiger partial charge in [0.2, 0.25) is 5.91 Å². The first kappa shape index (κ1) is 16.5. The van der Waals surface area contributed by atoms with Crippen LogP contribution in [0.3, 0.4) is 0 Å². The van der Waals surface area contributed by atoms with Crippen molar-refractivity contribution in [1.29, 1.82) is 0 Å². The van der Waals surface area contributed by atoms with Crippen LogP contribution in [0.4, 0.5) is 0 Å². The Morgan fingerprint density at radius 1 is 1.29 bits per heavy atom. The molecule has 0 aliphatic carbocycles. The number of carbonyl (C=O) groups excluding carboxylic acids is 2. The maximum atomic E-state index is 12.8. The minimum Gasteiger partial charge on any atom is -0.369 e. The highest BCUT2D eigenvalue weighted by atomic mass is 35.5. The van der Waals surface area contributed by atoms with Crippen LogP contribution in [-0.4, -0.2) is 39.6 Å². The van der Waals surface area contributed by atoms with Crippen molar-refractivity contribution in [3.63, 3.8) is 0 Å². The Morgan fingerprint density at radius 3 is 2.67 bits per heavy atom. The topological polar surface area (TPSA) is 81.2 Å². The van der Waals surface area contributed by atoms with E-state index in [1.807, 2.05) is 19.1 Å². The zero-order chi connectivity index (χ0) is 17.3. The number of likely N-dealkylation sites (tertiary alicyclic amines) is 1. The summed E-state index contributed by atoms with van der Waals surface area (Å²) >= 11 is 5.91. The molecule has 0 radical (unpaired) electrons. The monoisotopic (exact) mass is 346 g/mol. The molecule has 2 N–H and O–H groups in total. The number of primary amides is 1. The van der Waals surface area contributed by atoms with Crippen molar-refractivity contribution in [1.82, 2.24) is 14.7 Å². The van der Waals surface area contributed by atoms with Gasteiger partial charge in [0.1, 0.15) is 0 Å². The molecule has 2 aromatic rings. The summed E-state index contributed by atoms with van der Waals surface area (Å²) in [6.07, 6.45) is 3.09. The van der Waals surface area contributed by atoms with Crippen LogP contribution in [0.2, 0.25) is 5.02 Å². The first-order chi connectivity index (χ1) is 11.5. The molecule has 1 atom stereocenters. The summed E-state index contributed by atoms with van der Waals surface area (Å²) in [5.74, 6) is -0.728. The van der Waals surface area contributed by atoms with Gasteiger partial charge < -0.3 is 10.6 Å². The van der Waals surface area contributed by atoms with E-state index < -0.39 is 0 Å². The lowest BCUT2D eigenvalue weighted by molar-refractivity contribution is -0.123. The molecular weight excluding hydrogens is 328 g/mol. The lowest BCUT2D eigenvalue weighted by Gasteiger charge is -2.31. The normalized spacial score (nSPS) is 17.8. The fraction of sp³-hybridized carbons (Fsp3) is 0.353. The van der Waals surface area contributed by atoms with Gasteiger partial charge >= 0.3 is 0 Å². The highest BCUT2D eigenvalue weighted by Gasteiger charge is 2.29. The van der Waals surface area contributed by atoms with Gasteiger partial charge in [-0.15, -0.1) is 0 Å². The zero-order valence-electron chi connectivity index (χ0n) is 13.4. The second-order valence-corrected chi connectivity index (χ2v) is 6.46. The number of aromatic nitrogens is 2. The number of rotatable bonds is 3. The summed E-state index contributed by atoms with van der Waals surface area (Å²) in [5, 5.41) is 4.96. The number of amides is 2. The standard InChI is InChI=1S/C17H19ClN4O2/c1-11-15(9-20-22(11)14-6-4-13(18)5-7-14)17(24)21-8-2-3-12(10-21)16(19)23/h4-7,9,12H,2-3,8,10H2,1H3,(H2,19,23)/t12-/m0/s1. The SMILES string of the molecule is Cc1c(C(=O)N2CCC[C@H](C(N)=O)C2)cnn1-c1ccc(Cl)cc1. The summed E-state index contributed by atoms with van der Waals surface area (Å²) in [7, 11) is 0. The first-order valence-electron chi connectivity index (χ1n) is 7.86. The van der Waals surface area contributed by atoms with Crippen molar-refractivity contribution in [2.24, 2.45) is 11.7 Å². The van der Waals surface area contributed by atoms with Crippen LogP contribution in [-0.2, 0) is 4.79 Å². The highest BCUT2D eigenvalue weighted by Crippen LogP contribution is 2.21. The molecular formula is C17H19ClN4O2. The molecule has 0 saturated carbocycles. The number of carbonyl (C=O) groups is 2. The van der Waals surface area contributed by atoms with Gasteiger partial charge in [0.25, 0.3) is 5.91 Å². The molecule has 1 saturated heterocycles.